The van der Waals surface area contributed by atoms with Gasteiger partial charge < -0.3 is 10.3 Å². The summed E-state index contributed by atoms with van der Waals surface area (Å²) in [6, 6.07) is 13.9. The summed E-state index contributed by atoms with van der Waals surface area (Å²) in [5.41, 5.74) is 3.88. The zero-order valence-electron chi connectivity index (χ0n) is 15.4. The van der Waals surface area contributed by atoms with Crippen molar-refractivity contribution in [3.63, 3.8) is 0 Å². The summed E-state index contributed by atoms with van der Waals surface area (Å²) in [5.74, 6) is -0.361. The van der Waals surface area contributed by atoms with Crippen molar-refractivity contribution in [3.8, 4) is 0 Å². The maximum absolute atomic E-state index is 12.9. The Kier molecular flexibility index (Phi) is 4.31. The summed E-state index contributed by atoms with van der Waals surface area (Å²) in [7, 11) is -3.78. The number of hydrogen-bond acceptors (Lipinski definition) is 3. The Balaban J connectivity index is 1.61. The molecule has 0 saturated carbocycles. The average Bonchev–Trinajstić information content (AvgIpc) is 3.30. The second-order valence-corrected chi connectivity index (χ2v) is 8.64. The van der Waals surface area contributed by atoms with E-state index < -0.39 is 10.0 Å². The van der Waals surface area contributed by atoms with Crippen molar-refractivity contribution in [1.82, 2.24) is 8.96 Å². The molecule has 6 nitrogen and oxygen atoms in total. The third-order valence-electron chi connectivity index (χ3n) is 4.51. The fourth-order valence-corrected chi connectivity index (χ4v) is 4.46. The molecule has 0 fully saturated rings. The van der Waals surface area contributed by atoms with Crippen molar-refractivity contribution in [1.29, 1.82) is 0 Å². The highest BCUT2D eigenvalue weighted by molar-refractivity contribution is 7.90. The van der Waals surface area contributed by atoms with E-state index in [1.807, 2.05) is 38.1 Å². The number of nitrogens with zero attached hydrogens (tertiary/aromatic N) is 1. The first-order valence-electron chi connectivity index (χ1n) is 8.73. The molecule has 0 radical (unpaired) electrons. The van der Waals surface area contributed by atoms with Crippen LogP contribution < -0.4 is 5.32 Å². The highest BCUT2D eigenvalue weighted by atomic mass is 32.2. The first-order valence-corrected chi connectivity index (χ1v) is 10.2. The molecule has 0 atom stereocenters. The topological polar surface area (TPSA) is 84.0 Å². The predicted octanol–water partition coefficient (Wildman–Crippen LogP) is 4.08. The number of aromatic amines is 1. The number of carbonyl (C=O) groups is 1. The quantitative estimate of drug-likeness (QED) is 0.548. The molecular weight excluding hydrogens is 374 g/mol. The Hall–Kier alpha value is -3.32. The fourth-order valence-electron chi connectivity index (χ4n) is 3.22. The van der Waals surface area contributed by atoms with Gasteiger partial charge in [0.2, 0.25) is 0 Å². The van der Waals surface area contributed by atoms with Crippen LogP contribution in [-0.2, 0) is 10.0 Å². The van der Waals surface area contributed by atoms with E-state index in [2.05, 4.69) is 10.3 Å². The van der Waals surface area contributed by atoms with Gasteiger partial charge in [0.25, 0.3) is 15.9 Å². The van der Waals surface area contributed by atoms with E-state index >= 15 is 0 Å². The fraction of sp³-hybridized carbons (Fsp3) is 0.0952. The number of hydrogen-bond donors (Lipinski definition) is 2. The Morgan fingerprint density at radius 3 is 2.50 bits per heavy atom. The molecule has 2 aromatic heterocycles. The number of aromatic nitrogens is 2. The van der Waals surface area contributed by atoms with Gasteiger partial charge in [0, 0.05) is 35.2 Å². The van der Waals surface area contributed by atoms with E-state index in [4.69, 9.17) is 0 Å². The summed E-state index contributed by atoms with van der Waals surface area (Å²) in [4.78, 5) is 15.7. The van der Waals surface area contributed by atoms with Crippen molar-refractivity contribution in [3.05, 3.63) is 83.8 Å². The molecule has 2 N–H and O–H groups in total. The van der Waals surface area contributed by atoms with E-state index in [0.717, 1.165) is 26.0 Å². The first kappa shape index (κ1) is 18.1. The minimum atomic E-state index is -3.78. The Morgan fingerprint density at radius 1 is 1.00 bits per heavy atom. The van der Waals surface area contributed by atoms with Crippen LogP contribution in [0.3, 0.4) is 0 Å². The second kappa shape index (κ2) is 6.69. The van der Waals surface area contributed by atoms with Crippen molar-refractivity contribution in [2.75, 3.05) is 5.32 Å². The molecule has 0 unspecified atom stereocenters. The number of nitrogens with one attached hydrogen (secondary N) is 2. The number of amides is 1. The van der Waals surface area contributed by atoms with Gasteiger partial charge in [0.15, 0.2) is 0 Å². The zero-order chi connectivity index (χ0) is 19.9. The number of anilines is 1. The SMILES string of the molecule is Cc1cc(C)cc(NC(=O)c2ccn(S(=O)(=O)c3ccc4[nH]ccc4c3)c2)c1. The van der Waals surface area contributed by atoms with Crippen LogP contribution in [0.4, 0.5) is 5.69 Å². The number of H-pyrrole nitrogens is 1. The van der Waals surface area contributed by atoms with Crippen LogP contribution in [0.2, 0.25) is 0 Å². The molecule has 0 aliphatic heterocycles. The van der Waals surface area contributed by atoms with Gasteiger partial charge in [-0.05, 0) is 67.4 Å². The Morgan fingerprint density at radius 2 is 1.75 bits per heavy atom. The van der Waals surface area contributed by atoms with Gasteiger partial charge in [-0.1, -0.05) is 6.07 Å². The standard InChI is InChI=1S/C21H19N3O3S/c1-14-9-15(2)11-18(10-14)23-21(25)17-6-8-24(13-17)28(26,27)19-3-4-20-16(12-19)5-7-22-20/h3-13,22H,1-2H3,(H,23,25). The van der Waals surface area contributed by atoms with Gasteiger partial charge in [0.1, 0.15) is 0 Å². The zero-order valence-corrected chi connectivity index (χ0v) is 16.2. The lowest BCUT2D eigenvalue weighted by atomic mass is 10.1. The molecule has 28 heavy (non-hydrogen) atoms. The van der Waals surface area contributed by atoms with Crippen LogP contribution in [0.15, 0.2) is 72.0 Å². The molecule has 0 aliphatic rings. The van der Waals surface area contributed by atoms with E-state index in [0.29, 0.717) is 5.69 Å². The van der Waals surface area contributed by atoms with E-state index in [1.165, 1.54) is 18.5 Å². The highest BCUT2D eigenvalue weighted by Gasteiger charge is 2.19. The van der Waals surface area contributed by atoms with Crippen LogP contribution in [0.5, 0.6) is 0 Å². The van der Waals surface area contributed by atoms with E-state index in [-0.39, 0.29) is 16.4 Å². The maximum Gasteiger partial charge on any atom is 0.267 e. The summed E-state index contributed by atoms with van der Waals surface area (Å²) in [6.07, 6.45) is 4.47. The molecule has 0 spiro atoms. The summed E-state index contributed by atoms with van der Waals surface area (Å²) in [5, 5.41) is 3.62. The van der Waals surface area contributed by atoms with Crippen molar-refractivity contribution in [2.24, 2.45) is 0 Å². The normalized spacial score (nSPS) is 11.6. The van der Waals surface area contributed by atoms with Crippen LogP contribution in [-0.4, -0.2) is 23.3 Å². The Bertz CT molecular complexity index is 1280. The average molecular weight is 393 g/mol. The molecule has 142 valence electrons. The number of benzene rings is 2. The Labute approximate surface area is 162 Å². The molecule has 4 aromatic rings. The largest absolute Gasteiger partial charge is 0.361 e. The number of carbonyl (C=O) groups excluding carboxylic acids is 1. The third kappa shape index (κ3) is 3.32. The van der Waals surface area contributed by atoms with Crippen molar-refractivity contribution in [2.45, 2.75) is 18.7 Å². The summed E-state index contributed by atoms with van der Waals surface area (Å²) >= 11 is 0. The van der Waals surface area contributed by atoms with Gasteiger partial charge >= 0.3 is 0 Å². The molecule has 7 heteroatoms. The molecule has 0 aliphatic carbocycles. The summed E-state index contributed by atoms with van der Waals surface area (Å²) < 4.78 is 26.9. The lowest BCUT2D eigenvalue weighted by Crippen LogP contribution is -2.13. The van der Waals surface area contributed by atoms with Gasteiger partial charge in [0.05, 0.1) is 10.5 Å². The van der Waals surface area contributed by atoms with E-state index in [9.17, 15) is 13.2 Å². The first-order chi connectivity index (χ1) is 13.3. The number of rotatable bonds is 4. The molecule has 4 rings (SSSR count). The van der Waals surface area contributed by atoms with E-state index in [1.54, 1.807) is 24.4 Å². The minimum absolute atomic E-state index is 0.163. The molecule has 0 saturated heterocycles. The van der Waals surface area contributed by atoms with Gasteiger partial charge in [-0.2, -0.15) is 0 Å². The molecule has 2 heterocycles. The van der Waals surface area contributed by atoms with Crippen molar-refractivity contribution < 1.29 is 13.2 Å². The second-order valence-electron chi connectivity index (χ2n) is 6.79. The molecule has 0 bridgehead atoms. The lowest BCUT2D eigenvalue weighted by Gasteiger charge is -2.07. The summed E-state index contributed by atoms with van der Waals surface area (Å²) in [6.45, 7) is 3.90. The van der Waals surface area contributed by atoms with Crippen LogP contribution >= 0.6 is 0 Å². The van der Waals surface area contributed by atoms with Crippen LogP contribution in [0, 0.1) is 13.8 Å². The van der Waals surface area contributed by atoms with Crippen LogP contribution in [0.25, 0.3) is 10.9 Å². The maximum atomic E-state index is 12.9. The van der Waals surface area contributed by atoms with Crippen LogP contribution in [0.1, 0.15) is 21.5 Å². The third-order valence-corrected chi connectivity index (χ3v) is 6.14. The highest BCUT2D eigenvalue weighted by Crippen LogP contribution is 2.21. The lowest BCUT2D eigenvalue weighted by molar-refractivity contribution is 0.102. The van der Waals surface area contributed by atoms with Crippen molar-refractivity contribution >= 4 is 32.5 Å². The van der Waals surface area contributed by atoms with Gasteiger partial charge in [-0.3, -0.25) is 4.79 Å². The molecule has 1 amide bonds. The number of fused-ring (bicyclic) bond motifs is 1. The smallest absolute Gasteiger partial charge is 0.267 e. The van der Waals surface area contributed by atoms with Gasteiger partial charge in [-0.15, -0.1) is 0 Å². The molecule has 2 aromatic carbocycles. The monoisotopic (exact) mass is 393 g/mol. The minimum Gasteiger partial charge on any atom is -0.361 e. The predicted molar refractivity (Wildman–Crippen MR) is 109 cm³/mol. The molecular formula is C21H19N3O3S. The number of aryl methyl sites for hydroxylation is 2. The van der Waals surface area contributed by atoms with Gasteiger partial charge in [-0.25, -0.2) is 12.4 Å².